The van der Waals surface area contributed by atoms with Gasteiger partial charge in [0, 0.05) is 12.6 Å². The molecule has 2 N–H and O–H groups in total. The Morgan fingerprint density at radius 3 is 2.50 bits per heavy atom. The standard InChI is InChI=1S/C13H18F2N2O2S/c1-8-3-10(4-8)17-20(18,19)12-6-9(7-16-2)5-11(14)13(12)15/h5-6,8,10,16-17H,3-4,7H2,1-2H3. The highest BCUT2D eigenvalue weighted by Gasteiger charge is 2.31. The fourth-order valence-corrected chi connectivity index (χ4v) is 3.80. The van der Waals surface area contributed by atoms with E-state index in [1.165, 1.54) is 6.07 Å². The van der Waals surface area contributed by atoms with Gasteiger partial charge in [0.05, 0.1) is 0 Å². The third-order valence-corrected chi connectivity index (χ3v) is 4.94. The molecule has 4 nitrogen and oxygen atoms in total. The number of hydrogen-bond acceptors (Lipinski definition) is 3. The number of sulfonamides is 1. The van der Waals surface area contributed by atoms with Gasteiger partial charge >= 0.3 is 0 Å². The van der Waals surface area contributed by atoms with Crippen molar-refractivity contribution in [2.45, 2.75) is 37.2 Å². The second-order valence-corrected chi connectivity index (χ2v) is 7.00. The van der Waals surface area contributed by atoms with Crippen molar-refractivity contribution in [1.82, 2.24) is 10.0 Å². The van der Waals surface area contributed by atoms with Gasteiger partial charge in [0.1, 0.15) is 4.90 Å². The number of rotatable bonds is 5. The molecule has 0 spiro atoms. The van der Waals surface area contributed by atoms with Crippen molar-refractivity contribution < 1.29 is 17.2 Å². The Labute approximate surface area is 117 Å². The summed E-state index contributed by atoms with van der Waals surface area (Å²) in [5, 5.41) is 2.77. The van der Waals surface area contributed by atoms with Crippen LogP contribution in [0, 0.1) is 17.6 Å². The second kappa shape index (κ2) is 5.75. The predicted molar refractivity (Wildman–Crippen MR) is 71.6 cm³/mol. The van der Waals surface area contributed by atoms with E-state index in [0.717, 1.165) is 18.9 Å². The van der Waals surface area contributed by atoms with Crippen molar-refractivity contribution in [2.24, 2.45) is 5.92 Å². The van der Waals surface area contributed by atoms with Crippen LogP contribution in [0.5, 0.6) is 0 Å². The molecule has 0 aromatic heterocycles. The van der Waals surface area contributed by atoms with E-state index in [4.69, 9.17) is 0 Å². The molecule has 0 heterocycles. The smallest absolute Gasteiger partial charge is 0.243 e. The number of nitrogens with one attached hydrogen (secondary N) is 2. The van der Waals surface area contributed by atoms with Crippen LogP contribution in [0.15, 0.2) is 17.0 Å². The summed E-state index contributed by atoms with van der Waals surface area (Å²) in [6, 6.07) is 1.97. The SMILES string of the molecule is CNCc1cc(F)c(F)c(S(=O)(=O)NC2CC(C)C2)c1. The summed E-state index contributed by atoms with van der Waals surface area (Å²) >= 11 is 0. The van der Waals surface area contributed by atoms with E-state index < -0.39 is 26.6 Å². The lowest BCUT2D eigenvalue weighted by molar-refractivity contribution is 0.270. The van der Waals surface area contributed by atoms with Gasteiger partial charge in [-0.3, -0.25) is 0 Å². The molecule has 112 valence electrons. The molecule has 0 amide bonds. The van der Waals surface area contributed by atoms with Crippen LogP contribution < -0.4 is 10.0 Å². The van der Waals surface area contributed by atoms with Gasteiger partial charge < -0.3 is 5.32 Å². The summed E-state index contributed by atoms with van der Waals surface area (Å²) in [5.41, 5.74) is 0.383. The fraction of sp³-hybridized carbons (Fsp3) is 0.538. The molecular formula is C13H18F2N2O2S. The predicted octanol–water partition coefficient (Wildman–Crippen LogP) is 1.76. The van der Waals surface area contributed by atoms with Crippen molar-refractivity contribution in [3.05, 3.63) is 29.3 Å². The Balaban J connectivity index is 2.30. The largest absolute Gasteiger partial charge is 0.316 e. The number of hydrogen-bond donors (Lipinski definition) is 2. The van der Waals surface area contributed by atoms with Gasteiger partial charge in [-0.05, 0) is 43.5 Å². The minimum atomic E-state index is -4.03. The van der Waals surface area contributed by atoms with Gasteiger partial charge in [0.15, 0.2) is 11.6 Å². The van der Waals surface area contributed by atoms with Crippen LogP contribution in [0.3, 0.4) is 0 Å². The van der Waals surface area contributed by atoms with Crippen LogP contribution in [-0.4, -0.2) is 21.5 Å². The number of halogens is 2. The molecule has 0 bridgehead atoms. The Morgan fingerprint density at radius 1 is 1.30 bits per heavy atom. The number of benzene rings is 1. The van der Waals surface area contributed by atoms with Crippen LogP contribution >= 0.6 is 0 Å². The zero-order valence-corrected chi connectivity index (χ0v) is 12.2. The highest BCUT2D eigenvalue weighted by Crippen LogP contribution is 2.28. The molecule has 1 aromatic rings. The van der Waals surface area contributed by atoms with Crippen LogP contribution in [0.1, 0.15) is 25.3 Å². The Hall–Kier alpha value is -1.05. The molecule has 0 radical (unpaired) electrons. The summed E-state index contributed by atoms with van der Waals surface area (Å²) in [6.07, 6.45) is 1.44. The van der Waals surface area contributed by atoms with E-state index in [9.17, 15) is 17.2 Å². The molecular weight excluding hydrogens is 286 g/mol. The van der Waals surface area contributed by atoms with Crippen molar-refractivity contribution in [2.75, 3.05) is 7.05 Å². The average molecular weight is 304 g/mol. The van der Waals surface area contributed by atoms with E-state index in [1.54, 1.807) is 7.05 Å². The zero-order valence-electron chi connectivity index (χ0n) is 11.4. The molecule has 2 rings (SSSR count). The lowest BCUT2D eigenvalue weighted by atomic mass is 9.83. The van der Waals surface area contributed by atoms with Crippen LogP contribution in [-0.2, 0) is 16.6 Å². The monoisotopic (exact) mass is 304 g/mol. The van der Waals surface area contributed by atoms with Gasteiger partial charge in [0.2, 0.25) is 10.0 Å². The maximum absolute atomic E-state index is 13.8. The molecule has 0 atom stereocenters. The van der Waals surface area contributed by atoms with E-state index >= 15 is 0 Å². The third-order valence-electron chi connectivity index (χ3n) is 3.42. The Kier molecular flexibility index (Phi) is 4.41. The first-order valence-corrected chi connectivity index (χ1v) is 7.96. The van der Waals surface area contributed by atoms with Crippen LogP contribution in [0.2, 0.25) is 0 Å². The van der Waals surface area contributed by atoms with E-state index in [-0.39, 0.29) is 12.6 Å². The first-order valence-electron chi connectivity index (χ1n) is 6.48. The van der Waals surface area contributed by atoms with Gasteiger partial charge in [-0.15, -0.1) is 0 Å². The minimum absolute atomic E-state index is 0.189. The second-order valence-electron chi connectivity index (χ2n) is 5.31. The summed E-state index contributed by atoms with van der Waals surface area (Å²) in [6.45, 7) is 2.28. The lowest BCUT2D eigenvalue weighted by Gasteiger charge is -2.32. The van der Waals surface area contributed by atoms with Gasteiger partial charge in [-0.1, -0.05) is 6.92 Å². The first kappa shape index (κ1) is 15.3. The summed E-state index contributed by atoms with van der Waals surface area (Å²) in [7, 11) is -2.39. The summed E-state index contributed by atoms with van der Waals surface area (Å²) in [5.74, 6) is -2.02. The topological polar surface area (TPSA) is 58.2 Å². The van der Waals surface area contributed by atoms with Gasteiger partial charge in [-0.2, -0.15) is 0 Å². The van der Waals surface area contributed by atoms with Crippen LogP contribution in [0.4, 0.5) is 8.78 Å². The maximum atomic E-state index is 13.8. The molecule has 0 saturated heterocycles. The maximum Gasteiger partial charge on any atom is 0.243 e. The zero-order chi connectivity index (χ0) is 14.9. The molecule has 1 saturated carbocycles. The van der Waals surface area contributed by atoms with E-state index in [0.29, 0.717) is 11.5 Å². The molecule has 1 fully saturated rings. The molecule has 0 aliphatic heterocycles. The first-order chi connectivity index (χ1) is 9.33. The highest BCUT2D eigenvalue weighted by molar-refractivity contribution is 7.89. The molecule has 20 heavy (non-hydrogen) atoms. The van der Waals surface area contributed by atoms with Gasteiger partial charge in [0.25, 0.3) is 0 Å². The average Bonchev–Trinajstić information content (AvgIpc) is 2.31. The minimum Gasteiger partial charge on any atom is -0.316 e. The Morgan fingerprint density at radius 2 is 1.95 bits per heavy atom. The Bertz CT molecular complexity index is 599. The van der Waals surface area contributed by atoms with Crippen molar-refractivity contribution >= 4 is 10.0 Å². The van der Waals surface area contributed by atoms with Gasteiger partial charge in [-0.25, -0.2) is 21.9 Å². The summed E-state index contributed by atoms with van der Waals surface area (Å²) in [4.78, 5) is -0.623. The highest BCUT2D eigenvalue weighted by atomic mass is 32.2. The molecule has 0 unspecified atom stereocenters. The van der Waals surface area contributed by atoms with E-state index in [2.05, 4.69) is 10.0 Å². The lowest BCUT2D eigenvalue weighted by Crippen LogP contribution is -2.43. The van der Waals surface area contributed by atoms with Crippen molar-refractivity contribution in [3.8, 4) is 0 Å². The molecule has 1 aromatic carbocycles. The van der Waals surface area contributed by atoms with Crippen molar-refractivity contribution in [3.63, 3.8) is 0 Å². The fourth-order valence-electron chi connectivity index (χ4n) is 2.40. The molecule has 1 aliphatic rings. The quantitative estimate of drug-likeness (QED) is 0.871. The normalized spacial score (nSPS) is 22.6. The third kappa shape index (κ3) is 3.16. The van der Waals surface area contributed by atoms with Crippen molar-refractivity contribution in [1.29, 1.82) is 0 Å². The summed E-state index contributed by atoms with van der Waals surface area (Å²) < 4.78 is 53.9. The molecule has 7 heteroatoms. The van der Waals surface area contributed by atoms with Crippen LogP contribution in [0.25, 0.3) is 0 Å². The molecule has 1 aliphatic carbocycles. The van der Waals surface area contributed by atoms with E-state index in [1.807, 2.05) is 6.92 Å².